The van der Waals surface area contributed by atoms with Crippen LogP contribution < -0.4 is 10.5 Å². The van der Waals surface area contributed by atoms with E-state index in [2.05, 4.69) is 4.98 Å². The van der Waals surface area contributed by atoms with Crippen LogP contribution in [-0.2, 0) is 12.7 Å². The molecule has 11 heteroatoms. The number of hydrogen-bond donors (Lipinski definition) is 1. The minimum atomic E-state index is -4.65. The van der Waals surface area contributed by atoms with Gasteiger partial charge in [0.1, 0.15) is 16.3 Å². The number of piperidine rings is 1. The van der Waals surface area contributed by atoms with Crippen molar-refractivity contribution in [2.45, 2.75) is 32.0 Å². The fraction of sp³-hybridized carbons (Fsp3) is 0.333. The van der Waals surface area contributed by atoms with Crippen LogP contribution in [0.15, 0.2) is 28.4 Å². The van der Waals surface area contributed by atoms with Gasteiger partial charge in [-0.2, -0.15) is 18.4 Å². The second-order valence-electron chi connectivity index (χ2n) is 7.43. The van der Waals surface area contributed by atoms with E-state index in [9.17, 15) is 33.1 Å². The highest BCUT2D eigenvalue weighted by Gasteiger charge is 2.36. The second-order valence-corrected chi connectivity index (χ2v) is 8.31. The zero-order valence-corrected chi connectivity index (χ0v) is 17.5. The maximum atomic E-state index is 13.5. The Morgan fingerprint density at radius 2 is 1.97 bits per heavy atom. The highest BCUT2D eigenvalue weighted by molar-refractivity contribution is 7.17. The van der Waals surface area contributed by atoms with Crippen molar-refractivity contribution in [1.82, 2.24) is 9.55 Å². The molecule has 0 saturated carbocycles. The van der Waals surface area contributed by atoms with Gasteiger partial charge in [0, 0.05) is 18.5 Å². The van der Waals surface area contributed by atoms with Crippen LogP contribution in [0.5, 0.6) is 0 Å². The SMILES string of the molecule is N#Cc1c(Cn2c(N3CCCCC3)nc3c(C(F)(F)F)csc3c2=O)cccc1C(=O)O. The van der Waals surface area contributed by atoms with Crippen LogP contribution in [0.25, 0.3) is 10.2 Å². The van der Waals surface area contributed by atoms with E-state index < -0.39 is 23.3 Å². The lowest BCUT2D eigenvalue weighted by Crippen LogP contribution is -2.36. The number of rotatable bonds is 4. The fourth-order valence-electron chi connectivity index (χ4n) is 3.88. The topological polar surface area (TPSA) is 99.2 Å². The highest BCUT2D eigenvalue weighted by atomic mass is 32.1. The number of benzene rings is 1. The molecule has 3 aromatic rings. The summed E-state index contributed by atoms with van der Waals surface area (Å²) in [5.41, 5.74) is -2.02. The molecule has 166 valence electrons. The molecule has 0 spiro atoms. The van der Waals surface area contributed by atoms with Crippen LogP contribution in [0.1, 0.15) is 46.3 Å². The number of carboxylic acids is 1. The quantitative estimate of drug-likeness (QED) is 0.627. The van der Waals surface area contributed by atoms with Crippen molar-refractivity contribution in [2.75, 3.05) is 18.0 Å². The number of aromatic nitrogens is 2. The Labute approximate surface area is 184 Å². The van der Waals surface area contributed by atoms with Crippen LogP contribution in [-0.4, -0.2) is 33.7 Å². The number of alkyl halides is 3. The second kappa shape index (κ2) is 8.27. The van der Waals surface area contributed by atoms with E-state index in [-0.39, 0.29) is 39.4 Å². The van der Waals surface area contributed by atoms with E-state index in [1.807, 2.05) is 6.07 Å². The maximum absolute atomic E-state index is 13.5. The molecule has 0 bridgehead atoms. The van der Waals surface area contributed by atoms with Crippen LogP contribution in [0.2, 0.25) is 0 Å². The van der Waals surface area contributed by atoms with Gasteiger partial charge in [-0.05, 0) is 30.9 Å². The van der Waals surface area contributed by atoms with E-state index in [1.165, 1.54) is 22.8 Å². The lowest BCUT2D eigenvalue weighted by atomic mass is 10.0. The van der Waals surface area contributed by atoms with Crippen LogP contribution in [0.3, 0.4) is 0 Å². The Bertz CT molecular complexity index is 1300. The van der Waals surface area contributed by atoms with Gasteiger partial charge >= 0.3 is 12.1 Å². The smallest absolute Gasteiger partial charge is 0.419 e. The first kappa shape index (κ1) is 21.8. The number of nitrogens with zero attached hydrogens (tertiary/aromatic N) is 4. The molecular formula is C21H17F3N4O3S. The molecule has 0 radical (unpaired) electrons. The van der Waals surface area contributed by atoms with Gasteiger partial charge in [-0.25, -0.2) is 9.78 Å². The van der Waals surface area contributed by atoms with Crippen molar-refractivity contribution in [1.29, 1.82) is 5.26 Å². The predicted octanol–water partition coefficient (Wildman–Crippen LogP) is 4.09. The maximum Gasteiger partial charge on any atom is 0.419 e. The molecule has 0 aliphatic carbocycles. The zero-order valence-electron chi connectivity index (χ0n) is 16.6. The minimum absolute atomic E-state index is 0.0933. The van der Waals surface area contributed by atoms with E-state index in [0.717, 1.165) is 24.6 Å². The summed E-state index contributed by atoms with van der Waals surface area (Å²) in [5.74, 6) is -1.19. The molecule has 7 nitrogen and oxygen atoms in total. The van der Waals surface area contributed by atoms with Crippen molar-refractivity contribution < 1.29 is 23.1 Å². The van der Waals surface area contributed by atoms with E-state index in [0.29, 0.717) is 24.4 Å². The summed E-state index contributed by atoms with van der Waals surface area (Å²) in [4.78, 5) is 30.8. The number of carbonyl (C=O) groups is 1. The Balaban J connectivity index is 1.94. The van der Waals surface area contributed by atoms with E-state index in [1.54, 1.807) is 4.90 Å². The van der Waals surface area contributed by atoms with Crippen molar-refractivity contribution >= 4 is 33.5 Å². The Morgan fingerprint density at radius 1 is 1.25 bits per heavy atom. The van der Waals surface area contributed by atoms with Crippen LogP contribution >= 0.6 is 11.3 Å². The zero-order chi connectivity index (χ0) is 23.0. The molecule has 32 heavy (non-hydrogen) atoms. The normalized spacial score (nSPS) is 14.5. The number of halogens is 3. The number of thiophene rings is 1. The molecule has 1 aliphatic heterocycles. The summed E-state index contributed by atoms with van der Waals surface area (Å²) in [7, 11) is 0. The van der Waals surface area contributed by atoms with Gasteiger partial charge in [0.2, 0.25) is 5.95 Å². The number of anilines is 1. The third-order valence-corrected chi connectivity index (χ3v) is 6.38. The number of nitriles is 1. The lowest BCUT2D eigenvalue weighted by molar-refractivity contribution is -0.136. The third-order valence-electron chi connectivity index (χ3n) is 5.42. The van der Waals surface area contributed by atoms with E-state index >= 15 is 0 Å². The summed E-state index contributed by atoms with van der Waals surface area (Å²) >= 11 is 0.672. The van der Waals surface area contributed by atoms with Gasteiger partial charge in [0.25, 0.3) is 5.56 Å². The van der Waals surface area contributed by atoms with Crippen LogP contribution in [0, 0.1) is 11.3 Å². The number of aromatic carboxylic acids is 1. The number of fused-ring (bicyclic) bond motifs is 1. The average molecular weight is 462 g/mol. The summed E-state index contributed by atoms with van der Waals surface area (Å²) < 4.78 is 41.5. The van der Waals surface area contributed by atoms with E-state index in [4.69, 9.17) is 0 Å². The molecule has 1 saturated heterocycles. The molecule has 0 unspecified atom stereocenters. The monoisotopic (exact) mass is 462 g/mol. The first-order valence-corrected chi connectivity index (χ1v) is 10.7. The molecule has 3 heterocycles. The van der Waals surface area contributed by atoms with Gasteiger partial charge in [0.15, 0.2) is 0 Å². The molecule has 0 amide bonds. The van der Waals surface area contributed by atoms with Crippen molar-refractivity contribution in [2.24, 2.45) is 0 Å². The molecular weight excluding hydrogens is 445 g/mol. The summed E-state index contributed by atoms with van der Waals surface area (Å²) in [6.07, 6.45) is -2.06. The molecule has 0 atom stereocenters. The molecule has 1 aromatic carbocycles. The lowest BCUT2D eigenvalue weighted by Gasteiger charge is -2.30. The first-order valence-electron chi connectivity index (χ1n) is 9.82. The standard InChI is InChI=1S/C21H17F3N4O3S/c22-21(23,24)15-11-32-17-16(15)26-20(27-7-2-1-3-8-27)28(18(17)29)10-12-5-4-6-13(19(30)31)14(12)9-25/h4-6,11H,1-3,7-8,10H2,(H,30,31). The molecule has 1 aliphatic rings. The summed E-state index contributed by atoms with van der Waals surface area (Å²) in [5, 5.41) is 19.8. The van der Waals surface area contributed by atoms with Gasteiger partial charge < -0.3 is 10.0 Å². The van der Waals surface area contributed by atoms with Gasteiger partial charge in [0.05, 0.1) is 23.2 Å². The molecule has 4 rings (SSSR count). The molecule has 2 aromatic heterocycles. The summed E-state index contributed by atoms with van der Waals surface area (Å²) in [6.45, 7) is 0.879. The highest BCUT2D eigenvalue weighted by Crippen LogP contribution is 2.37. The summed E-state index contributed by atoms with van der Waals surface area (Å²) in [6, 6.07) is 6.14. The molecule has 1 fully saturated rings. The van der Waals surface area contributed by atoms with Gasteiger partial charge in [-0.1, -0.05) is 12.1 Å². The third kappa shape index (κ3) is 3.82. The average Bonchev–Trinajstić information content (AvgIpc) is 3.20. The Morgan fingerprint density at radius 3 is 2.59 bits per heavy atom. The van der Waals surface area contributed by atoms with Crippen molar-refractivity contribution in [3.05, 3.63) is 56.2 Å². The number of carboxylic acid groups (broad SMARTS) is 1. The molecule has 1 N–H and O–H groups in total. The van der Waals surface area contributed by atoms with Crippen molar-refractivity contribution in [3.8, 4) is 6.07 Å². The first-order chi connectivity index (χ1) is 15.2. The Kier molecular flexibility index (Phi) is 5.64. The van der Waals surface area contributed by atoms with Gasteiger partial charge in [-0.15, -0.1) is 11.3 Å². The van der Waals surface area contributed by atoms with Crippen LogP contribution in [0.4, 0.5) is 19.1 Å². The minimum Gasteiger partial charge on any atom is -0.478 e. The number of hydrogen-bond acceptors (Lipinski definition) is 6. The largest absolute Gasteiger partial charge is 0.478 e. The Hall–Kier alpha value is -3.39. The van der Waals surface area contributed by atoms with Gasteiger partial charge in [-0.3, -0.25) is 9.36 Å². The predicted molar refractivity (Wildman–Crippen MR) is 112 cm³/mol. The fourth-order valence-corrected chi connectivity index (χ4v) is 4.84. The van der Waals surface area contributed by atoms with Crippen molar-refractivity contribution in [3.63, 3.8) is 0 Å².